The van der Waals surface area contributed by atoms with Crippen LogP contribution in [0.15, 0.2) is 57.2 Å². The van der Waals surface area contributed by atoms with Crippen molar-refractivity contribution in [3.63, 3.8) is 0 Å². The fourth-order valence-corrected chi connectivity index (χ4v) is 3.05. The molecule has 0 saturated heterocycles. The summed E-state index contributed by atoms with van der Waals surface area (Å²) in [7, 11) is -3.80. The number of anilines is 1. The van der Waals surface area contributed by atoms with E-state index >= 15 is 0 Å². The summed E-state index contributed by atoms with van der Waals surface area (Å²) in [6.07, 6.45) is 0. The Morgan fingerprint density at radius 3 is 2.21 bits per heavy atom. The molecule has 2 aromatic rings. The molecule has 0 fully saturated rings. The Morgan fingerprint density at radius 2 is 1.63 bits per heavy atom. The maximum absolute atomic E-state index is 12.8. The van der Waals surface area contributed by atoms with E-state index in [2.05, 4.69) is 0 Å². The highest BCUT2D eigenvalue weighted by molar-refractivity contribution is 7.99. The molecule has 0 aliphatic rings. The molecule has 0 heterocycles. The topological polar surface area (TPSA) is 86.2 Å². The molecule has 4 N–H and O–H groups in total. The van der Waals surface area contributed by atoms with Gasteiger partial charge in [0.1, 0.15) is 5.82 Å². The van der Waals surface area contributed by atoms with Crippen molar-refractivity contribution in [3.8, 4) is 0 Å². The first-order valence-electron chi connectivity index (χ1n) is 5.21. The van der Waals surface area contributed by atoms with Gasteiger partial charge in [-0.05, 0) is 42.5 Å². The lowest BCUT2D eigenvalue weighted by Gasteiger charge is -2.06. The summed E-state index contributed by atoms with van der Waals surface area (Å²) in [5.41, 5.74) is 5.94. The first-order valence-corrected chi connectivity index (χ1v) is 7.58. The standard InChI is InChI=1S/C12H11FN2O2S2/c13-8-1-3-10(4-2-8)18-11-5-9(14)6-12(7-11)19(15,16)17/h1-7H,14H2,(H2,15,16,17). The van der Waals surface area contributed by atoms with Gasteiger partial charge in [0.2, 0.25) is 10.0 Å². The molecule has 7 heteroatoms. The highest BCUT2D eigenvalue weighted by Gasteiger charge is 2.10. The van der Waals surface area contributed by atoms with Gasteiger partial charge in [0.15, 0.2) is 0 Å². The van der Waals surface area contributed by atoms with Gasteiger partial charge in [0.25, 0.3) is 0 Å². The Hall–Kier alpha value is -1.57. The molecule has 100 valence electrons. The van der Waals surface area contributed by atoms with Gasteiger partial charge in [0.05, 0.1) is 4.90 Å². The highest BCUT2D eigenvalue weighted by Crippen LogP contribution is 2.30. The van der Waals surface area contributed by atoms with Gasteiger partial charge in [-0.1, -0.05) is 11.8 Å². The average molecular weight is 298 g/mol. The zero-order valence-electron chi connectivity index (χ0n) is 9.71. The average Bonchev–Trinajstić information content (AvgIpc) is 2.30. The predicted octanol–water partition coefficient (Wildman–Crippen LogP) is 2.21. The molecule has 2 rings (SSSR count). The second-order valence-electron chi connectivity index (χ2n) is 3.84. The molecule has 0 amide bonds. The quantitative estimate of drug-likeness (QED) is 0.851. The first-order chi connectivity index (χ1) is 8.84. The molecule has 0 atom stereocenters. The normalized spacial score (nSPS) is 11.5. The number of hydrogen-bond acceptors (Lipinski definition) is 4. The summed E-state index contributed by atoms with van der Waals surface area (Å²) in [5, 5.41) is 5.07. The fraction of sp³-hybridized carbons (Fsp3) is 0. The van der Waals surface area contributed by atoms with Crippen LogP contribution in [0.4, 0.5) is 10.1 Å². The van der Waals surface area contributed by atoms with Crippen molar-refractivity contribution >= 4 is 27.5 Å². The van der Waals surface area contributed by atoms with Crippen LogP contribution in [0.2, 0.25) is 0 Å². The molecule has 4 nitrogen and oxygen atoms in total. The third kappa shape index (κ3) is 3.69. The van der Waals surface area contributed by atoms with Gasteiger partial charge in [-0.25, -0.2) is 17.9 Å². The minimum atomic E-state index is -3.80. The molecule has 0 aliphatic heterocycles. The lowest BCUT2D eigenvalue weighted by molar-refractivity contribution is 0.597. The first kappa shape index (κ1) is 13.9. The van der Waals surface area contributed by atoms with Gasteiger partial charge in [-0.15, -0.1) is 0 Å². The minimum Gasteiger partial charge on any atom is -0.399 e. The predicted molar refractivity (Wildman–Crippen MR) is 72.8 cm³/mol. The van der Waals surface area contributed by atoms with Gasteiger partial charge >= 0.3 is 0 Å². The Balaban J connectivity index is 2.35. The maximum Gasteiger partial charge on any atom is 0.238 e. The SMILES string of the molecule is Nc1cc(Sc2ccc(F)cc2)cc(S(N)(=O)=O)c1. The zero-order chi connectivity index (χ0) is 14.0. The van der Waals surface area contributed by atoms with Crippen LogP contribution in [0.5, 0.6) is 0 Å². The van der Waals surface area contributed by atoms with E-state index in [-0.39, 0.29) is 10.7 Å². The fourth-order valence-electron chi connectivity index (χ4n) is 1.46. The van der Waals surface area contributed by atoms with E-state index in [0.717, 1.165) is 4.90 Å². The van der Waals surface area contributed by atoms with E-state index in [1.165, 1.54) is 36.0 Å². The molecule has 0 saturated carbocycles. The van der Waals surface area contributed by atoms with E-state index in [4.69, 9.17) is 10.9 Å². The number of sulfonamides is 1. The zero-order valence-corrected chi connectivity index (χ0v) is 11.3. The number of rotatable bonds is 3. The van der Waals surface area contributed by atoms with Crippen molar-refractivity contribution in [1.29, 1.82) is 0 Å². The number of hydrogen-bond donors (Lipinski definition) is 2. The van der Waals surface area contributed by atoms with Gasteiger partial charge in [-0.2, -0.15) is 0 Å². The smallest absolute Gasteiger partial charge is 0.238 e. The molecule has 0 spiro atoms. The third-order valence-electron chi connectivity index (χ3n) is 2.28. The monoisotopic (exact) mass is 298 g/mol. The minimum absolute atomic E-state index is 0.0443. The van der Waals surface area contributed by atoms with Crippen LogP contribution < -0.4 is 10.9 Å². The van der Waals surface area contributed by atoms with Crippen LogP contribution in [0.25, 0.3) is 0 Å². The summed E-state index contributed by atoms with van der Waals surface area (Å²) >= 11 is 1.27. The van der Waals surface area contributed by atoms with E-state index in [1.54, 1.807) is 18.2 Å². The molecular weight excluding hydrogens is 287 g/mol. The summed E-state index contributed by atoms with van der Waals surface area (Å²) in [6, 6.07) is 10.2. The Bertz CT molecular complexity index is 700. The summed E-state index contributed by atoms with van der Waals surface area (Å²) in [6.45, 7) is 0. The summed E-state index contributed by atoms with van der Waals surface area (Å²) in [4.78, 5) is 1.35. The molecule has 0 aromatic heterocycles. The van der Waals surface area contributed by atoms with Crippen molar-refractivity contribution in [2.75, 3.05) is 5.73 Å². The maximum atomic E-state index is 12.8. The molecule has 0 bridgehead atoms. The van der Waals surface area contributed by atoms with Crippen molar-refractivity contribution in [1.82, 2.24) is 0 Å². The number of benzene rings is 2. The Morgan fingerprint density at radius 1 is 1.00 bits per heavy atom. The van der Waals surface area contributed by atoms with Crippen LogP contribution in [0.1, 0.15) is 0 Å². The third-order valence-corrected chi connectivity index (χ3v) is 4.15. The second-order valence-corrected chi connectivity index (χ2v) is 6.55. The Labute approximate surface area is 114 Å². The van der Waals surface area contributed by atoms with Crippen molar-refractivity contribution in [3.05, 3.63) is 48.3 Å². The van der Waals surface area contributed by atoms with Crippen LogP contribution in [-0.2, 0) is 10.0 Å². The van der Waals surface area contributed by atoms with E-state index in [0.29, 0.717) is 10.6 Å². The van der Waals surface area contributed by atoms with E-state index < -0.39 is 10.0 Å². The largest absolute Gasteiger partial charge is 0.399 e. The number of halogens is 1. The van der Waals surface area contributed by atoms with Gasteiger partial charge in [0, 0.05) is 15.5 Å². The molecule has 0 aliphatic carbocycles. The van der Waals surface area contributed by atoms with E-state index in [1.807, 2.05) is 0 Å². The van der Waals surface area contributed by atoms with Gasteiger partial charge < -0.3 is 5.73 Å². The number of nitrogen functional groups attached to an aromatic ring is 1. The molecule has 19 heavy (non-hydrogen) atoms. The second kappa shape index (κ2) is 5.20. The summed E-state index contributed by atoms with van der Waals surface area (Å²) < 4.78 is 35.4. The molecule has 0 unspecified atom stereocenters. The van der Waals surface area contributed by atoms with Crippen molar-refractivity contribution in [2.24, 2.45) is 5.14 Å². The highest BCUT2D eigenvalue weighted by atomic mass is 32.2. The van der Waals surface area contributed by atoms with Crippen LogP contribution in [0.3, 0.4) is 0 Å². The number of primary sulfonamides is 1. The Kier molecular flexibility index (Phi) is 3.79. The molecular formula is C12H11FN2O2S2. The van der Waals surface area contributed by atoms with Crippen molar-refractivity contribution < 1.29 is 12.8 Å². The number of nitrogens with two attached hydrogens (primary N) is 2. The molecule has 2 aromatic carbocycles. The molecule has 0 radical (unpaired) electrons. The van der Waals surface area contributed by atoms with Crippen molar-refractivity contribution in [2.45, 2.75) is 14.7 Å². The van der Waals surface area contributed by atoms with Crippen LogP contribution in [-0.4, -0.2) is 8.42 Å². The van der Waals surface area contributed by atoms with Crippen LogP contribution >= 0.6 is 11.8 Å². The summed E-state index contributed by atoms with van der Waals surface area (Å²) in [5.74, 6) is -0.331. The van der Waals surface area contributed by atoms with Crippen LogP contribution in [0, 0.1) is 5.82 Å². The van der Waals surface area contributed by atoms with E-state index in [9.17, 15) is 12.8 Å². The lowest BCUT2D eigenvalue weighted by Crippen LogP contribution is -2.12. The van der Waals surface area contributed by atoms with Gasteiger partial charge in [-0.3, -0.25) is 0 Å². The lowest BCUT2D eigenvalue weighted by atomic mass is 10.3.